The number of nitrogens with one attached hydrogen (secondary N) is 2. The second kappa shape index (κ2) is 11.2. The molecule has 1 atom stereocenters. The van der Waals surface area contributed by atoms with E-state index in [0.717, 1.165) is 31.5 Å². The molecule has 3 nitrogen and oxygen atoms in total. The van der Waals surface area contributed by atoms with Crippen molar-refractivity contribution in [2.45, 2.75) is 39.0 Å². The molecule has 0 spiro atoms. The van der Waals surface area contributed by atoms with Gasteiger partial charge in [0.25, 0.3) is 0 Å². The molecule has 1 aliphatic rings. The van der Waals surface area contributed by atoms with Gasteiger partial charge >= 0.3 is 0 Å². The van der Waals surface area contributed by atoms with Crippen LogP contribution in [0.2, 0.25) is 10.0 Å². The second-order valence-electron chi connectivity index (χ2n) is 6.46. The van der Waals surface area contributed by atoms with Crippen LogP contribution in [0.25, 0.3) is 0 Å². The molecule has 0 radical (unpaired) electrons. The number of halogens is 3. The Morgan fingerprint density at radius 1 is 1.33 bits per heavy atom. The Morgan fingerprint density at radius 2 is 2.04 bits per heavy atom. The van der Waals surface area contributed by atoms with Crippen molar-refractivity contribution in [3.05, 3.63) is 33.8 Å². The highest BCUT2D eigenvalue weighted by Crippen LogP contribution is 2.24. The highest BCUT2D eigenvalue weighted by molar-refractivity contribution is 6.35. The maximum atomic E-state index is 12.0. The normalized spacial score (nSPS) is 16.3. The topological polar surface area (TPSA) is 41.1 Å². The van der Waals surface area contributed by atoms with E-state index < -0.39 is 0 Å². The first-order valence-corrected chi connectivity index (χ1v) is 9.23. The number of carbonyl (C=O) groups is 1. The summed E-state index contributed by atoms with van der Waals surface area (Å²) in [5, 5.41) is 7.75. The summed E-state index contributed by atoms with van der Waals surface area (Å²) in [5.74, 6) is 1.30. The van der Waals surface area contributed by atoms with Gasteiger partial charge in [-0.25, -0.2) is 0 Å². The number of benzene rings is 1. The molecule has 1 aliphatic heterocycles. The largest absolute Gasteiger partial charge is 0.356 e. The third kappa shape index (κ3) is 7.18. The number of piperidine rings is 1. The van der Waals surface area contributed by atoms with Crippen LogP contribution in [0.4, 0.5) is 0 Å². The van der Waals surface area contributed by atoms with Crippen LogP contribution in [0.1, 0.15) is 38.2 Å². The van der Waals surface area contributed by atoms with Crippen LogP contribution in [-0.4, -0.2) is 25.5 Å². The summed E-state index contributed by atoms with van der Waals surface area (Å²) < 4.78 is 0. The summed E-state index contributed by atoms with van der Waals surface area (Å²) in [6.07, 6.45) is 4.73. The van der Waals surface area contributed by atoms with E-state index in [2.05, 4.69) is 17.6 Å². The van der Waals surface area contributed by atoms with Gasteiger partial charge in [0.2, 0.25) is 5.91 Å². The molecule has 0 saturated carbocycles. The lowest BCUT2D eigenvalue weighted by Gasteiger charge is -2.27. The summed E-state index contributed by atoms with van der Waals surface area (Å²) in [7, 11) is 0. The number of aryl methyl sites for hydroxylation is 1. The lowest BCUT2D eigenvalue weighted by atomic mass is 9.84. The van der Waals surface area contributed by atoms with Crippen molar-refractivity contribution in [3.63, 3.8) is 0 Å². The van der Waals surface area contributed by atoms with Crippen LogP contribution in [0.5, 0.6) is 0 Å². The Kier molecular flexibility index (Phi) is 10.1. The van der Waals surface area contributed by atoms with Crippen LogP contribution in [0.3, 0.4) is 0 Å². The van der Waals surface area contributed by atoms with Crippen LogP contribution in [0, 0.1) is 11.8 Å². The third-order valence-corrected chi connectivity index (χ3v) is 5.24. The predicted octanol–water partition coefficient (Wildman–Crippen LogP) is 4.49. The van der Waals surface area contributed by atoms with Crippen molar-refractivity contribution in [1.29, 1.82) is 0 Å². The molecule has 2 rings (SSSR count). The quantitative estimate of drug-likeness (QED) is 0.670. The molecule has 136 valence electrons. The smallest absolute Gasteiger partial charge is 0.220 e. The Morgan fingerprint density at radius 3 is 2.71 bits per heavy atom. The van der Waals surface area contributed by atoms with E-state index in [0.29, 0.717) is 34.8 Å². The van der Waals surface area contributed by atoms with E-state index in [4.69, 9.17) is 23.2 Å². The van der Waals surface area contributed by atoms with Crippen LogP contribution in [-0.2, 0) is 11.2 Å². The predicted molar refractivity (Wildman–Crippen MR) is 104 cm³/mol. The minimum atomic E-state index is 0. The van der Waals surface area contributed by atoms with Crippen molar-refractivity contribution in [2.75, 3.05) is 19.6 Å². The van der Waals surface area contributed by atoms with Gasteiger partial charge in [-0.3, -0.25) is 4.79 Å². The average molecular weight is 394 g/mol. The molecular weight excluding hydrogens is 367 g/mol. The molecule has 2 N–H and O–H groups in total. The molecule has 1 unspecified atom stereocenters. The molecule has 24 heavy (non-hydrogen) atoms. The highest BCUT2D eigenvalue weighted by Gasteiger charge is 2.21. The summed E-state index contributed by atoms with van der Waals surface area (Å²) in [6, 6.07) is 5.56. The average Bonchev–Trinajstić information content (AvgIpc) is 2.54. The Labute approximate surface area is 161 Å². The summed E-state index contributed by atoms with van der Waals surface area (Å²) in [5.41, 5.74) is 1.08. The van der Waals surface area contributed by atoms with Gasteiger partial charge in [-0.1, -0.05) is 36.2 Å². The fraction of sp³-hybridized carbons (Fsp3) is 0.611. The molecule has 1 aromatic rings. The highest BCUT2D eigenvalue weighted by atomic mass is 35.5. The molecule has 1 heterocycles. The molecule has 1 fully saturated rings. The molecular formula is C18H27Cl3N2O. The monoisotopic (exact) mass is 392 g/mol. The van der Waals surface area contributed by atoms with E-state index in [1.165, 1.54) is 12.8 Å². The van der Waals surface area contributed by atoms with E-state index >= 15 is 0 Å². The third-order valence-electron chi connectivity index (χ3n) is 4.66. The van der Waals surface area contributed by atoms with Crippen molar-refractivity contribution in [3.8, 4) is 0 Å². The minimum absolute atomic E-state index is 0. The van der Waals surface area contributed by atoms with Crippen molar-refractivity contribution < 1.29 is 4.79 Å². The van der Waals surface area contributed by atoms with Gasteiger partial charge in [0.05, 0.1) is 0 Å². The molecule has 1 amide bonds. The lowest BCUT2D eigenvalue weighted by Crippen LogP contribution is -2.33. The number of hydrogen-bond acceptors (Lipinski definition) is 2. The Hall–Kier alpha value is -0.480. The number of hydrogen-bond donors (Lipinski definition) is 2. The molecule has 1 saturated heterocycles. The van der Waals surface area contributed by atoms with Crippen LogP contribution in [0.15, 0.2) is 18.2 Å². The van der Waals surface area contributed by atoms with Crippen molar-refractivity contribution in [1.82, 2.24) is 10.6 Å². The molecule has 6 heteroatoms. The van der Waals surface area contributed by atoms with Gasteiger partial charge in [0, 0.05) is 23.0 Å². The first-order chi connectivity index (χ1) is 11.1. The molecule has 0 bridgehead atoms. The van der Waals surface area contributed by atoms with Crippen molar-refractivity contribution in [2.24, 2.45) is 11.8 Å². The molecule has 1 aromatic carbocycles. The first-order valence-electron chi connectivity index (χ1n) is 8.47. The van der Waals surface area contributed by atoms with Gasteiger partial charge in [0.15, 0.2) is 0 Å². The standard InChI is InChI=1S/C18H26Cl2N2O.ClH/c1-13(14-6-9-21-10-7-14)11-18(23)22-8-2-3-15-4-5-16(19)12-17(15)20;/h4-5,12-14,21H,2-3,6-11H2,1H3,(H,22,23);1H. The maximum Gasteiger partial charge on any atom is 0.220 e. The fourth-order valence-electron chi connectivity index (χ4n) is 3.18. The summed E-state index contributed by atoms with van der Waals surface area (Å²) >= 11 is 12.0. The van der Waals surface area contributed by atoms with Gasteiger partial charge in [-0.2, -0.15) is 0 Å². The van der Waals surface area contributed by atoms with E-state index in [9.17, 15) is 4.79 Å². The van der Waals surface area contributed by atoms with Crippen LogP contribution >= 0.6 is 35.6 Å². The molecule has 0 aromatic heterocycles. The summed E-state index contributed by atoms with van der Waals surface area (Å²) in [6.45, 7) is 5.05. The summed E-state index contributed by atoms with van der Waals surface area (Å²) in [4.78, 5) is 12.0. The van der Waals surface area contributed by atoms with E-state index in [1.54, 1.807) is 6.07 Å². The molecule has 0 aliphatic carbocycles. The fourth-order valence-corrected chi connectivity index (χ4v) is 3.68. The zero-order chi connectivity index (χ0) is 16.7. The Bertz CT molecular complexity index is 519. The number of rotatable bonds is 7. The Balaban J connectivity index is 0.00000288. The SMILES string of the molecule is CC(CC(=O)NCCCc1ccc(Cl)cc1Cl)C1CCNCC1.Cl. The zero-order valence-corrected chi connectivity index (χ0v) is 16.4. The lowest BCUT2D eigenvalue weighted by molar-refractivity contribution is -0.122. The zero-order valence-electron chi connectivity index (χ0n) is 14.1. The van der Waals surface area contributed by atoms with E-state index in [1.807, 2.05) is 12.1 Å². The van der Waals surface area contributed by atoms with Crippen LogP contribution < -0.4 is 10.6 Å². The van der Waals surface area contributed by atoms with Gasteiger partial charge in [-0.05, 0) is 68.3 Å². The van der Waals surface area contributed by atoms with Crippen molar-refractivity contribution >= 4 is 41.5 Å². The van der Waals surface area contributed by atoms with Gasteiger partial charge in [-0.15, -0.1) is 12.4 Å². The van der Waals surface area contributed by atoms with E-state index in [-0.39, 0.29) is 18.3 Å². The maximum absolute atomic E-state index is 12.0. The second-order valence-corrected chi connectivity index (χ2v) is 7.30. The van der Waals surface area contributed by atoms with Gasteiger partial charge in [0.1, 0.15) is 0 Å². The number of carbonyl (C=O) groups excluding carboxylic acids is 1. The van der Waals surface area contributed by atoms with Gasteiger partial charge < -0.3 is 10.6 Å². The number of amides is 1. The minimum Gasteiger partial charge on any atom is -0.356 e. The first kappa shape index (κ1) is 21.6.